The Morgan fingerprint density at radius 2 is 1.67 bits per heavy atom. The first-order valence-corrected chi connectivity index (χ1v) is 11.8. The Hall–Kier alpha value is -1.38. The van der Waals surface area contributed by atoms with Crippen LogP contribution < -0.4 is 0 Å². The monoisotopic (exact) mass is 580 g/mol. The average Bonchev–Trinajstić information content (AvgIpc) is 3.23. The van der Waals surface area contributed by atoms with Crippen molar-refractivity contribution in [2.75, 3.05) is 13.7 Å². The van der Waals surface area contributed by atoms with Crippen molar-refractivity contribution >= 4 is 56.7 Å². The molecular formula is C25H34Br2N4O2. The molecule has 0 amide bonds. The molecular weight excluding hydrogens is 548 g/mol. The van der Waals surface area contributed by atoms with Gasteiger partial charge in [0.05, 0.1) is 23.3 Å². The summed E-state index contributed by atoms with van der Waals surface area (Å²) in [7, 11) is 4.27. The molecule has 0 aliphatic heterocycles. The maximum atomic E-state index is 13.1. The predicted octanol–water partition coefficient (Wildman–Crippen LogP) is 5.56. The number of carbonyl (C=O) groups excluding carboxylic acids is 1. The van der Waals surface area contributed by atoms with E-state index in [0.717, 1.165) is 40.3 Å². The van der Waals surface area contributed by atoms with Gasteiger partial charge in [-0.25, -0.2) is 9.78 Å². The number of carbonyl (C=O) groups is 1. The molecule has 8 heteroatoms. The zero-order valence-electron chi connectivity index (χ0n) is 19.6. The van der Waals surface area contributed by atoms with E-state index in [4.69, 9.17) is 9.72 Å². The number of halogens is 2. The van der Waals surface area contributed by atoms with Gasteiger partial charge >= 0.3 is 5.97 Å². The fraction of sp³-hybridized carbons (Fsp3) is 0.600. The van der Waals surface area contributed by atoms with Gasteiger partial charge in [0, 0.05) is 19.1 Å². The fourth-order valence-electron chi connectivity index (χ4n) is 7.39. The Balaban J connectivity index is 0.00000130. The summed E-state index contributed by atoms with van der Waals surface area (Å²) in [5, 5.41) is 0. The van der Waals surface area contributed by atoms with E-state index in [1.807, 2.05) is 30.5 Å². The van der Waals surface area contributed by atoms with Gasteiger partial charge in [-0.1, -0.05) is 12.1 Å². The van der Waals surface area contributed by atoms with Crippen molar-refractivity contribution in [1.82, 2.24) is 18.9 Å². The van der Waals surface area contributed by atoms with Crippen molar-refractivity contribution in [2.24, 2.45) is 24.8 Å². The summed E-state index contributed by atoms with van der Waals surface area (Å²) < 4.78 is 9.57. The summed E-state index contributed by atoms with van der Waals surface area (Å²) in [5.41, 5.74) is 3.77. The third-order valence-corrected chi connectivity index (χ3v) is 8.39. The van der Waals surface area contributed by atoms with Gasteiger partial charge < -0.3 is 9.30 Å². The lowest BCUT2D eigenvalue weighted by molar-refractivity contribution is -0.0825. The molecule has 4 saturated carbocycles. The topological polar surface area (TPSA) is 51.8 Å². The quantitative estimate of drug-likeness (QED) is 0.370. The Morgan fingerprint density at radius 1 is 1.09 bits per heavy atom. The normalized spacial score (nSPS) is 27.7. The minimum absolute atomic E-state index is 0. The zero-order valence-corrected chi connectivity index (χ0v) is 23.0. The van der Waals surface area contributed by atoms with Gasteiger partial charge in [0.15, 0.2) is 5.69 Å². The Bertz CT molecular complexity index is 1150. The number of fused-ring (bicyclic) bond motifs is 3. The number of ether oxygens (including phenoxy) is 1. The SMILES string of the molecule is Br.Br.CCOC(=O)c1c(CN(C)C23CC4CC(CC(C4)C2)C3)nc2n(C)c3ccccc3n12. The number of benzene rings is 1. The van der Waals surface area contributed by atoms with Crippen molar-refractivity contribution in [3.05, 3.63) is 35.7 Å². The molecule has 180 valence electrons. The second kappa shape index (κ2) is 9.00. The van der Waals surface area contributed by atoms with Crippen LogP contribution >= 0.6 is 34.0 Å². The molecule has 4 fully saturated rings. The third-order valence-electron chi connectivity index (χ3n) is 8.39. The minimum atomic E-state index is -0.278. The van der Waals surface area contributed by atoms with Crippen molar-refractivity contribution in [3.63, 3.8) is 0 Å². The van der Waals surface area contributed by atoms with E-state index in [2.05, 4.69) is 28.6 Å². The summed E-state index contributed by atoms with van der Waals surface area (Å²) in [6.07, 6.45) is 8.21. The van der Waals surface area contributed by atoms with E-state index >= 15 is 0 Å². The lowest BCUT2D eigenvalue weighted by atomic mass is 9.52. The molecule has 33 heavy (non-hydrogen) atoms. The lowest BCUT2D eigenvalue weighted by Crippen LogP contribution is -2.58. The van der Waals surface area contributed by atoms with E-state index in [0.29, 0.717) is 18.8 Å². The molecule has 4 bridgehead atoms. The second-order valence-corrected chi connectivity index (χ2v) is 10.3. The van der Waals surface area contributed by atoms with E-state index in [9.17, 15) is 4.79 Å². The largest absolute Gasteiger partial charge is 0.461 e. The van der Waals surface area contributed by atoms with E-state index in [1.54, 1.807) is 0 Å². The van der Waals surface area contributed by atoms with Gasteiger partial charge in [-0.2, -0.15) is 0 Å². The standard InChI is InChI=1S/C25H32N4O2.2BrH/c1-4-31-23(30)22-19(26-24-28(3)20-7-5-6-8-21(20)29(22)24)15-27(2)25-12-16-9-17(13-25)11-18(10-16)14-25;;/h5-8,16-18H,4,9-15H2,1-3H3;2*1H. The van der Waals surface area contributed by atoms with Crippen LogP contribution in [0.15, 0.2) is 24.3 Å². The highest BCUT2D eigenvalue weighted by Gasteiger charge is 2.52. The number of para-hydroxylation sites is 2. The van der Waals surface area contributed by atoms with Gasteiger partial charge in [0.1, 0.15) is 0 Å². The lowest BCUT2D eigenvalue weighted by Gasteiger charge is -2.60. The van der Waals surface area contributed by atoms with Crippen LogP contribution in [0.3, 0.4) is 0 Å². The molecule has 0 saturated heterocycles. The molecule has 0 spiro atoms. The average molecular weight is 582 g/mol. The molecule has 1 aromatic carbocycles. The molecule has 0 radical (unpaired) electrons. The number of hydrogen-bond acceptors (Lipinski definition) is 4. The molecule has 0 N–H and O–H groups in total. The second-order valence-electron chi connectivity index (χ2n) is 10.3. The van der Waals surface area contributed by atoms with Crippen LogP contribution in [-0.4, -0.2) is 44.0 Å². The number of nitrogens with zero attached hydrogens (tertiary/aromatic N) is 4. The zero-order chi connectivity index (χ0) is 21.3. The third kappa shape index (κ3) is 3.76. The van der Waals surface area contributed by atoms with E-state index in [-0.39, 0.29) is 45.5 Å². The number of imidazole rings is 2. The molecule has 2 heterocycles. The Morgan fingerprint density at radius 3 is 2.24 bits per heavy atom. The van der Waals surface area contributed by atoms with Crippen LogP contribution in [0.4, 0.5) is 0 Å². The van der Waals surface area contributed by atoms with Gasteiger partial charge in [0.25, 0.3) is 0 Å². The molecule has 2 aromatic heterocycles. The predicted molar refractivity (Wildman–Crippen MR) is 141 cm³/mol. The first kappa shape index (κ1) is 24.7. The number of rotatable bonds is 5. The van der Waals surface area contributed by atoms with Crippen molar-refractivity contribution < 1.29 is 9.53 Å². The van der Waals surface area contributed by atoms with Crippen LogP contribution in [0.1, 0.15) is 61.6 Å². The van der Waals surface area contributed by atoms with Crippen molar-refractivity contribution in [3.8, 4) is 0 Å². The summed E-state index contributed by atoms with van der Waals surface area (Å²) in [4.78, 5) is 20.6. The van der Waals surface area contributed by atoms with Gasteiger partial charge in [-0.3, -0.25) is 9.30 Å². The number of aromatic nitrogens is 3. The molecule has 6 nitrogen and oxygen atoms in total. The molecule has 0 atom stereocenters. The van der Waals surface area contributed by atoms with Gasteiger partial charge in [0.2, 0.25) is 5.78 Å². The van der Waals surface area contributed by atoms with Gasteiger partial charge in [-0.15, -0.1) is 34.0 Å². The van der Waals surface area contributed by atoms with Crippen LogP contribution in [0, 0.1) is 17.8 Å². The van der Waals surface area contributed by atoms with Crippen LogP contribution in [0.25, 0.3) is 16.8 Å². The Labute approximate surface area is 216 Å². The fourth-order valence-corrected chi connectivity index (χ4v) is 7.39. The first-order valence-electron chi connectivity index (χ1n) is 11.8. The summed E-state index contributed by atoms with van der Waals surface area (Å²) in [5.74, 6) is 3.20. The highest BCUT2D eigenvalue weighted by atomic mass is 79.9. The summed E-state index contributed by atoms with van der Waals surface area (Å²) in [6.45, 7) is 2.91. The van der Waals surface area contributed by atoms with E-state index < -0.39 is 0 Å². The van der Waals surface area contributed by atoms with Crippen LogP contribution in [0.5, 0.6) is 0 Å². The molecule has 3 aromatic rings. The van der Waals surface area contributed by atoms with E-state index in [1.165, 1.54) is 38.5 Å². The number of aryl methyl sites for hydroxylation is 1. The Kier molecular flexibility index (Phi) is 6.75. The maximum absolute atomic E-state index is 13.1. The summed E-state index contributed by atoms with van der Waals surface area (Å²) in [6, 6.07) is 8.16. The van der Waals surface area contributed by atoms with Crippen LogP contribution in [0.2, 0.25) is 0 Å². The first-order chi connectivity index (χ1) is 15.0. The van der Waals surface area contributed by atoms with Gasteiger partial charge in [-0.05, 0) is 82.4 Å². The maximum Gasteiger partial charge on any atom is 0.357 e. The molecule has 7 rings (SSSR count). The number of hydrogen-bond donors (Lipinski definition) is 0. The highest BCUT2D eigenvalue weighted by Crippen LogP contribution is 2.57. The summed E-state index contributed by atoms with van der Waals surface area (Å²) >= 11 is 0. The van der Waals surface area contributed by atoms with Crippen LogP contribution in [-0.2, 0) is 18.3 Å². The highest BCUT2D eigenvalue weighted by molar-refractivity contribution is 8.93. The number of esters is 1. The molecule has 4 aliphatic rings. The van der Waals surface area contributed by atoms with Crippen molar-refractivity contribution in [2.45, 2.75) is 57.5 Å². The smallest absolute Gasteiger partial charge is 0.357 e. The minimum Gasteiger partial charge on any atom is -0.461 e. The van der Waals surface area contributed by atoms with Crippen molar-refractivity contribution in [1.29, 1.82) is 0 Å². The molecule has 4 aliphatic carbocycles. The molecule has 0 unspecified atom stereocenters.